The number of thiocarbonyl (C=S) groups is 1. The minimum atomic E-state index is -4.60. The Morgan fingerprint density at radius 2 is 1.90 bits per heavy atom. The highest BCUT2D eigenvalue weighted by Gasteiger charge is 2.34. The third kappa shape index (κ3) is 4.32. The summed E-state index contributed by atoms with van der Waals surface area (Å²) < 4.78 is 38.9. The first-order chi connectivity index (χ1) is 9.70. The summed E-state index contributed by atoms with van der Waals surface area (Å²) in [6.07, 6.45) is -4.60. The van der Waals surface area contributed by atoms with Crippen LogP contribution >= 0.6 is 12.2 Å². The first-order valence-corrected chi connectivity index (χ1v) is 6.68. The molecule has 0 saturated carbocycles. The molecule has 0 saturated heterocycles. The van der Waals surface area contributed by atoms with Gasteiger partial charge in [0.05, 0.1) is 5.56 Å². The van der Waals surface area contributed by atoms with Crippen molar-refractivity contribution < 1.29 is 18.0 Å². The van der Waals surface area contributed by atoms with Crippen LogP contribution in [0.15, 0.2) is 18.2 Å². The molecule has 0 atom stereocenters. The Hall–Kier alpha value is -1.83. The summed E-state index contributed by atoms with van der Waals surface area (Å²) in [7, 11) is 0. The second-order valence-electron chi connectivity index (χ2n) is 4.22. The van der Waals surface area contributed by atoms with Crippen LogP contribution in [-0.4, -0.2) is 29.0 Å². The predicted octanol–water partition coefficient (Wildman–Crippen LogP) is 3.21. The number of hydrogen-bond acceptors (Lipinski definition) is 2. The summed E-state index contributed by atoms with van der Waals surface area (Å²) in [5, 5.41) is 2.43. The molecule has 116 valence electrons. The molecule has 0 spiro atoms. The zero-order chi connectivity index (χ0) is 16.2. The van der Waals surface area contributed by atoms with Crippen LogP contribution in [0.3, 0.4) is 0 Å². The molecule has 0 radical (unpaired) electrons. The van der Waals surface area contributed by atoms with Gasteiger partial charge in [-0.3, -0.25) is 0 Å². The number of halogens is 3. The van der Waals surface area contributed by atoms with Gasteiger partial charge in [-0.25, -0.2) is 4.79 Å². The van der Waals surface area contributed by atoms with E-state index < -0.39 is 17.8 Å². The van der Waals surface area contributed by atoms with E-state index in [0.717, 1.165) is 12.1 Å². The van der Waals surface area contributed by atoms with E-state index in [4.69, 9.17) is 5.73 Å². The molecule has 0 aliphatic carbocycles. The van der Waals surface area contributed by atoms with Crippen molar-refractivity contribution in [3.8, 4) is 0 Å². The molecule has 8 heteroatoms. The average molecular weight is 319 g/mol. The van der Waals surface area contributed by atoms with Crippen molar-refractivity contribution in [2.45, 2.75) is 20.0 Å². The molecule has 2 amide bonds. The first-order valence-electron chi connectivity index (χ1n) is 6.27. The number of anilines is 1. The van der Waals surface area contributed by atoms with E-state index in [1.165, 1.54) is 11.0 Å². The van der Waals surface area contributed by atoms with Crippen molar-refractivity contribution in [3.05, 3.63) is 29.3 Å². The van der Waals surface area contributed by atoms with Gasteiger partial charge in [0.15, 0.2) is 0 Å². The number of nitrogens with two attached hydrogens (primary N) is 1. The molecule has 0 heterocycles. The molecule has 3 N–H and O–H groups in total. The lowest BCUT2D eigenvalue weighted by Crippen LogP contribution is -2.34. The first kappa shape index (κ1) is 17.2. The van der Waals surface area contributed by atoms with E-state index in [2.05, 4.69) is 17.5 Å². The second-order valence-corrected chi connectivity index (χ2v) is 4.66. The summed E-state index contributed by atoms with van der Waals surface area (Å²) in [6, 6.07) is 2.86. The molecule has 1 aromatic rings. The van der Waals surface area contributed by atoms with Crippen molar-refractivity contribution >= 4 is 28.9 Å². The Bertz CT molecular complexity index is 542. The molecular formula is C13H16F3N3OS. The third-order valence-electron chi connectivity index (χ3n) is 2.89. The molecule has 0 aliphatic heterocycles. The van der Waals surface area contributed by atoms with Crippen LogP contribution in [-0.2, 0) is 6.18 Å². The van der Waals surface area contributed by atoms with E-state index in [1.54, 1.807) is 13.8 Å². The van der Waals surface area contributed by atoms with Gasteiger partial charge in [0.25, 0.3) is 0 Å². The summed E-state index contributed by atoms with van der Waals surface area (Å²) in [5.74, 6) is 0. The van der Waals surface area contributed by atoms with Gasteiger partial charge in [0.2, 0.25) is 0 Å². The van der Waals surface area contributed by atoms with Crippen LogP contribution in [0, 0.1) is 0 Å². The molecule has 4 nitrogen and oxygen atoms in total. The van der Waals surface area contributed by atoms with Crippen molar-refractivity contribution in [1.82, 2.24) is 4.90 Å². The number of nitrogens with one attached hydrogen (secondary N) is 1. The van der Waals surface area contributed by atoms with Crippen LogP contribution in [0.25, 0.3) is 0 Å². The van der Waals surface area contributed by atoms with Crippen molar-refractivity contribution in [2.24, 2.45) is 5.73 Å². The summed E-state index contributed by atoms with van der Waals surface area (Å²) in [4.78, 5) is 12.9. The van der Waals surface area contributed by atoms with E-state index in [-0.39, 0.29) is 16.2 Å². The summed E-state index contributed by atoms with van der Waals surface area (Å²) in [6.45, 7) is 4.47. The van der Waals surface area contributed by atoms with Gasteiger partial charge in [0.1, 0.15) is 4.99 Å². The Morgan fingerprint density at radius 1 is 1.33 bits per heavy atom. The molecule has 21 heavy (non-hydrogen) atoms. The second kappa shape index (κ2) is 6.75. The van der Waals surface area contributed by atoms with Crippen molar-refractivity contribution in [3.63, 3.8) is 0 Å². The number of urea groups is 1. The molecule has 1 rings (SSSR count). The Labute approximate surface area is 126 Å². The summed E-state index contributed by atoms with van der Waals surface area (Å²) >= 11 is 4.61. The van der Waals surface area contributed by atoms with Crippen LogP contribution in [0.1, 0.15) is 25.0 Å². The third-order valence-corrected chi connectivity index (χ3v) is 3.11. The van der Waals surface area contributed by atoms with Crippen LogP contribution in [0.4, 0.5) is 23.7 Å². The van der Waals surface area contributed by atoms with E-state index >= 15 is 0 Å². The van der Waals surface area contributed by atoms with Gasteiger partial charge in [-0.05, 0) is 32.0 Å². The normalized spacial score (nSPS) is 11.1. The zero-order valence-electron chi connectivity index (χ0n) is 11.6. The smallest absolute Gasteiger partial charge is 0.389 e. The van der Waals surface area contributed by atoms with Gasteiger partial charge in [-0.1, -0.05) is 12.2 Å². The number of carbonyl (C=O) groups is 1. The highest BCUT2D eigenvalue weighted by Crippen LogP contribution is 2.33. The Balaban J connectivity index is 3.12. The predicted molar refractivity (Wildman–Crippen MR) is 79.3 cm³/mol. The summed E-state index contributed by atoms with van der Waals surface area (Å²) in [5.41, 5.74) is 4.10. The van der Waals surface area contributed by atoms with Crippen LogP contribution < -0.4 is 11.1 Å². The zero-order valence-corrected chi connectivity index (χ0v) is 12.4. The topological polar surface area (TPSA) is 58.4 Å². The van der Waals surface area contributed by atoms with Crippen molar-refractivity contribution in [1.29, 1.82) is 0 Å². The number of carbonyl (C=O) groups excluding carboxylic acids is 1. The number of benzene rings is 1. The van der Waals surface area contributed by atoms with Gasteiger partial charge in [-0.15, -0.1) is 0 Å². The van der Waals surface area contributed by atoms with Gasteiger partial charge < -0.3 is 16.0 Å². The number of hydrogen-bond donors (Lipinski definition) is 2. The largest absolute Gasteiger partial charge is 0.417 e. The molecule has 0 aromatic heterocycles. The fourth-order valence-electron chi connectivity index (χ4n) is 1.78. The standard InChI is InChI=1S/C13H16F3N3OS/c1-3-19(4-2)12(20)18-8-5-6-9(11(17)21)10(7-8)13(14,15)16/h5-7H,3-4H2,1-2H3,(H2,17,21)(H,18,20). The monoisotopic (exact) mass is 319 g/mol. The lowest BCUT2D eigenvalue weighted by Gasteiger charge is -2.20. The Kier molecular flexibility index (Phi) is 5.54. The molecule has 0 bridgehead atoms. The highest BCUT2D eigenvalue weighted by atomic mass is 32.1. The molecular weight excluding hydrogens is 303 g/mol. The molecule has 0 fully saturated rings. The molecule has 0 aliphatic rings. The maximum Gasteiger partial charge on any atom is 0.417 e. The maximum atomic E-state index is 13.0. The lowest BCUT2D eigenvalue weighted by molar-refractivity contribution is -0.137. The fourth-order valence-corrected chi connectivity index (χ4v) is 1.96. The Morgan fingerprint density at radius 3 is 2.33 bits per heavy atom. The number of rotatable bonds is 4. The minimum absolute atomic E-state index is 0.0409. The SMILES string of the molecule is CCN(CC)C(=O)Nc1ccc(C(N)=S)c(C(F)(F)F)c1. The van der Waals surface area contributed by atoms with Gasteiger partial charge in [0, 0.05) is 24.3 Å². The minimum Gasteiger partial charge on any atom is -0.389 e. The average Bonchev–Trinajstić information content (AvgIpc) is 2.38. The van der Waals surface area contributed by atoms with Crippen LogP contribution in [0.2, 0.25) is 0 Å². The number of nitrogens with zero attached hydrogens (tertiary/aromatic N) is 1. The highest BCUT2D eigenvalue weighted by molar-refractivity contribution is 7.80. The number of amides is 2. The van der Waals surface area contributed by atoms with E-state index in [9.17, 15) is 18.0 Å². The quantitative estimate of drug-likeness (QED) is 0.838. The van der Waals surface area contributed by atoms with Gasteiger partial charge in [-0.2, -0.15) is 13.2 Å². The van der Waals surface area contributed by atoms with E-state index in [1.807, 2.05) is 0 Å². The lowest BCUT2D eigenvalue weighted by atomic mass is 10.1. The number of alkyl halides is 3. The van der Waals surface area contributed by atoms with Gasteiger partial charge >= 0.3 is 12.2 Å². The molecule has 0 unspecified atom stereocenters. The fraction of sp³-hybridized carbons (Fsp3) is 0.385. The van der Waals surface area contributed by atoms with E-state index in [0.29, 0.717) is 13.1 Å². The van der Waals surface area contributed by atoms with Crippen LogP contribution in [0.5, 0.6) is 0 Å². The molecule has 1 aromatic carbocycles. The van der Waals surface area contributed by atoms with Crippen molar-refractivity contribution in [2.75, 3.05) is 18.4 Å². The maximum absolute atomic E-state index is 13.0.